The van der Waals surface area contributed by atoms with Crippen LogP contribution < -0.4 is 20.3 Å². The third-order valence-electron chi connectivity index (χ3n) is 4.73. The van der Waals surface area contributed by atoms with Crippen LogP contribution >= 0.6 is 0 Å². The summed E-state index contributed by atoms with van der Waals surface area (Å²) < 4.78 is 5.28. The maximum Gasteiger partial charge on any atom is 0.228 e. The average molecular weight is 367 g/mol. The number of nitrogens with one attached hydrogen (secondary N) is 2. The second-order valence-electron chi connectivity index (χ2n) is 7.07. The first-order chi connectivity index (χ1) is 12.9. The number of ether oxygens (including phenoxy) is 1. The highest BCUT2D eigenvalue weighted by Gasteiger charge is 2.48. The zero-order valence-corrected chi connectivity index (χ0v) is 16.1. The molecule has 0 bridgehead atoms. The third kappa shape index (κ3) is 4.39. The molecule has 3 rings (SSSR count). The molecule has 1 saturated carbocycles. The van der Waals surface area contributed by atoms with Crippen LogP contribution in [-0.2, 0) is 9.59 Å². The molecule has 2 unspecified atom stereocenters. The number of amides is 2. The fourth-order valence-electron chi connectivity index (χ4n) is 3.00. The van der Waals surface area contributed by atoms with Gasteiger partial charge in [-0.25, -0.2) is 0 Å². The predicted octanol–water partition coefficient (Wildman–Crippen LogP) is 3.28. The van der Waals surface area contributed by atoms with Gasteiger partial charge in [-0.05, 0) is 55.3 Å². The van der Waals surface area contributed by atoms with Crippen LogP contribution in [0.1, 0.15) is 12.0 Å². The Hall–Kier alpha value is -3.02. The summed E-state index contributed by atoms with van der Waals surface area (Å²) in [6.07, 6.45) is 0.557. The van der Waals surface area contributed by atoms with Crippen LogP contribution in [0, 0.1) is 18.8 Å². The molecule has 0 aromatic heterocycles. The van der Waals surface area contributed by atoms with Crippen LogP contribution in [0.4, 0.5) is 17.1 Å². The highest BCUT2D eigenvalue weighted by atomic mass is 16.5. The Morgan fingerprint density at radius 1 is 1.00 bits per heavy atom. The van der Waals surface area contributed by atoms with Crippen LogP contribution in [-0.4, -0.2) is 33.0 Å². The summed E-state index contributed by atoms with van der Waals surface area (Å²) in [5.74, 6) is -0.270. The number of rotatable bonds is 6. The number of nitrogens with zero attached hydrogens (tertiary/aromatic N) is 1. The van der Waals surface area contributed by atoms with E-state index >= 15 is 0 Å². The van der Waals surface area contributed by atoms with Crippen molar-refractivity contribution in [3.05, 3.63) is 48.0 Å². The molecule has 0 spiro atoms. The molecule has 142 valence electrons. The second kappa shape index (κ2) is 7.70. The molecule has 0 saturated heterocycles. The Balaban J connectivity index is 1.57. The van der Waals surface area contributed by atoms with Crippen molar-refractivity contribution in [1.29, 1.82) is 0 Å². The van der Waals surface area contributed by atoms with Crippen LogP contribution in [0.25, 0.3) is 0 Å². The fraction of sp³-hybridized carbons (Fsp3) is 0.333. The van der Waals surface area contributed by atoms with E-state index < -0.39 is 0 Å². The number of carbonyl (C=O) groups is 2. The van der Waals surface area contributed by atoms with Crippen molar-refractivity contribution in [2.75, 3.05) is 36.7 Å². The van der Waals surface area contributed by atoms with Gasteiger partial charge in [0.15, 0.2) is 0 Å². The van der Waals surface area contributed by atoms with E-state index in [-0.39, 0.29) is 23.7 Å². The van der Waals surface area contributed by atoms with E-state index in [4.69, 9.17) is 4.74 Å². The molecule has 1 aliphatic carbocycles. The van der Waals surface area contributed by atoms with Gasteiger partial charge in [0.1, 0.15) is 5.75 Å². The molecule has 2 aromatic carbocycles. The molecule has 2 N–H and O–H groups in total. The van der Waals surface area contributed by atoms with E-state index in [1.165, 1.54) is 0 Å². The third-order valence-corrected chi connectivity index (χ3v) is 4.73. The Morgan fingerprint density at radius 3 is 2.22 bits per heavy atom. The number of hydrogen-bond donors (Lipinski definition) is 2. The molecule has 6 heteroatoms. The summed E-state index contributed by atoms with van der Waals surface area (Å²) >= 11 is 0. The minimum atomic E-state index is -0.309. The monoisotopic (exact) mass is 367 g/mol. The van der Waals surface area contributed by atoms with E-state index in [0.717, 1.165) is 16.9 Å². The van der Waals surface area contributed by atoms with Crippen LogP contribution in [0.5, 0.6) is 5.75 Å². The molecule has 0 heterocycles. The van der Waals surface area contributed by atoms with Gasteiger partial charge in [0.2, 0.25) is 11.8 Å². The molecule has 27 heavy (non-hydrogen) atoms. The SMILES string of the molecule is COc1ccc(C)cc1NC(=O)C1CC1C(=O)Nc1ccc(N(C)C)cc1. The molecule has 2 atom stereocenters. The summed E-state index contributed by atoms with van der Waals surface area (Å²) in [7, 11) is 5.49. The number of anilines is 3. The van der Waals surface area contributed by atoms with Crippen molar-refractivity contribution in [3.63, 3.8) is 0 Å². The zero-order valence-electron chi connectivity index (χ0n) is 16.1. The largest absolute Gasteiger partial charge is 0.495 e. The standard InChI is InChI=1S/C21H25N3O3/c1-13-5-10-19(27-4)18(11-13)23-21(26)17-12-16(17)20(25)22-14-6-8-15(9-7-14)24(2)3/h5-11,16-17H,12H2,1-4H3,(H,22,25)(H,23,26). The highest BCUT2D eigenvalue weighted by Crippen LogP contribution is 2.41. The first-order valence-electron chi connectivity index (χ1n) is 8.93. The van der Waals surface area contributed by atoms with Gasteiger partial charge in [0.05, 0.1) is 24.6 Å². The quantitative estimate of drug-likeness (QED) is 0.822. The molecule has 1 fully saturated rings. The lowest BCUT2D eigenvalue weighted by Gasteiger charge is -2.13. The molecular weight excluding hydrogens is 342 g/mol. The van der Waals surface area contributed by atoms with E-state index in [1.54, 1.807) is 7.11 Å². The molecule has 0 radical (unpaired) electrons. The Morgan fingerprint density at radius 2 is 1.63 bits per heavy atom. The number of methoxy groups -OCH3 is 1. The van der Waals surface area contributed by atoms with Crippen molar-refractivity contribution in [1.82, 2.24) is 0 Å². The Labute approximate surface area is 159 Å². The minimum absolute atomic E-state index is 0.121. The van der Waals surface area contributed by atoms with Gasteiger partial charge in [0, 0.05) is 25.5 Å². The summed E-state index contributed by atoms with van der Waals surface area (Å²) in [6.45, 7) is 1.95. The number of carbonyl (C=O) groups excluding carboxylic acids is 2. The van der Waals surface area contributed by atoms with Gasteiger partial charge in [0.25, 0.3) is 0 Å². The smallest absolute Gasteiger partial charge is 0.228 e. The lowest BCUT2D eigenvalue weighted by atomic mass is 10.2. The number of aryl methyl sites for hydroxylation is 1. The number of benzene rings is 2. The van der Waals surface area contributed by atoms with Crippen molar-refractivity contribution in [3.8, 4) is 5.75 Å². The zero-order chi connectivity index (χ0) is 19.6. The van der Waals surface area contributed by atoms with E-state index in [1.807, 2.05) is 68.4 Å². The molecule has 6 nitrogen and oxygen atoms in total. The van der Waals surface area contributed by atoms with E-state index in [2.05, 4.69) is 10.6 Å². The second-order valence-corrected chi connectivity index (χ2v) is 7.07. The topological polar surface area (TPSA) is 70.7 Å². The van der Waals surface area contributed by atoms with E-state index in [0.29, 0.717) is 17.9 Å². The Kier molecular flexibility index (Phi) is 5.35. The molecular formula is C21H25N3O3. The van der Waals surface area contributed by atoms with Gasteiger partial charge in [-0.2, -0.15) is 0 Å². The van der Waals surface area contributed by atoms with Crippen LogP contribution in [0.3, 0.4) is 0 Å². The van der Waals surface area contributed by atoms with Gasteiger partial charge in [-0.15, -0.1) is 0 Å². The Bertz CT molecular complexity index is 846. The van der Waals surface area contributed by atoms with Crippen LogP contribution in [0.15, 0.2) is 42.5 Å². The van der Waals surface area contributed by atoms with E-state index in [9.17, 15) is 9.59 Å². The fourth-order valence-corrected chi connectivity index (χ4v) is 3.00. The van der Waals surface area contributed by atoms with Gasteiger partial charge >= 0.3 is 0 Å². The molecule has 2 aromatic rings. The maximum atomic E-state index is 12.5. The van der Waals surface area contributed by atoms with Crippen molar-refractivity contribution in [2.24, 2.45) is 11.8 Å². The summed E-state index contributed by atoms with van der Waals surface area (Å²) in [5.41, 5.74) is 3.45. The van der Waals surface area contributed by atoms with Crippen molar-refractivity contribution >= 4 is 28.9 Å². The summed E-state index contributed by atoms with van der Waals surface area (Å²) in [5, 5.41) is 5.77. The maximum absolute atomic E-state index is 12.5. The van der Waals surface area contributed by atoms with Gasteiger partial charge < -0.3 is 20.3 Å². The lowest BCUT2D eigenvalue weighted by Crippen LogP contribution is -2.21. The predicted molar refractivity (Wildman–Crippen MR) is 107 cm³/mol. The van der Waals surface area contributed by atoms with Gasteiger partial charge in [-0.1, -0.05) is 6.07 Å². The lowest BCUT2D eigenvalue weighted by molar-refractivity contribution is -0.122. The first kappa shape index (κ1) is 18.8. The van der Waals surface area contributed by atoms with Crippen molar-refractivity contribution < 1.29 is 14.3 Å². The van der Waals surface area contributed by atoms with Crippen molar-refractivity contribution in [2.45, 2.75) is 13.3 Å². The first-order valence-corrected chi connectivity index (χ1v) is 8.93. The molecule has 1 aliphatic rings. The minimum Gasteiger partial charge on any atom is -0.495 e. The normalized spacial score (nSPS) is 17.8. The average Bonchev–Trinajstić information content (AvgIpc) is 3.43. The van der Waals surface area contributed by atoms with Crippen LogP contribution in [0.2, 0.25) is 0 Å². The molecule has 0 aliphatic heterocycles. The van der Waals surface area contributed by atoms with Gasteiger partial charge in [-0.3, -0.25) is 9.59 Å². The number of hydrogen-bond acceptors (Lipinski definition) is 4. The summed E-state index contributed by atoms with van der Waals surface area (Å²) in [4.78, 5) is 26.9. The molecule has 2 amide bonds. The summed E-state index contributed by atoms with van der Waals surface area (Å²) in [6, 6.07) is 13.2. The highest BCUT2D eigenvalue weighted by molar-refractivity contribution is 6.03.